The maximum Gasteiger partial charge on any atom is 0.135 e. The van der Waals surface area contributed by atoms with Gasteiger partial charge in [-0.15, -0.1) is 0 Å². The van der Waals surface area contributed by atoms with E-state index in [1.165, 1.54) is 39.1 Å². The van der Waals surface area contributed by atoms with Crippen molar-refractivity contribution in [2.75, 3.05) is 32.7 Å². The van der Waals surface area contributed by atoms with Crippen LogP contribution in [0, 0.1) is 0 Å². The van der Waals surface area contributed by atoms with Crippen LogP contribution < -0.4 is 10.2 Å². The molecule has 0 saturated carbocycles. The summed E-state index contributed by atoms with van der Waals surface area (Å²) < 4.78 is 0. The second-order valence-corrected chi connectivity index (χ2v) is 2.59. The zero-order valence-corrected chi connectivity index (χ0v) is 6.19. The Hall–Kier alpha value is -0.0800. The van der Waals surface area contributed by atoms with Crippen LogP contribution in [0.2, 0.25) is 0 Å². The lowest BCUT2D eigenvalue weighted by atomic mass is 10.3. The van der Waals surface area contributed by atoms with Crippen LogP contribution in [0.3, 0.4) is 0 Å². The van der Waals surface area contributed by atoms with E-state index in [1.54, 1.807) is 0 Å². The topological polar surface area (TPSA) is 17.9 Å². The van der Waals surface area contributed by atoms with E-state index in [0.29, 0.717) is 0 Å². The first kappa shape index (κ1) is 7.03. The second kappa shape index (κ2) is 3.85. The van der Waals surface area contributed by atoms with E-state index >= 15 is 0 Å². The molecule has 1 heterocycles. The average Bonchev–Trinajstić information content (AvgIpc) is 1.91. The number of nitrogens with zero attached hydrogens (tertiary/aromatic N) is 1. The predicted molar refractivity (Wildman–Crippen MR) is 39.9 cm³/mol. The van der Waals surface area contributed by atoms with E-state index in [-0.39, 0.29) is 0 Å². The summed E-state index contributed by atoms with van der Waals surface area (Å²) in [5.41, 5.74) is 0. The molecule has 0 aromatic rings. The van der Waals surface area contributed by atoms with Gasteiger partial charge in [-0.25, -0.2) is 0 Å². The third-order valence-corrected chi connectivity index (χ3v) is 1.75. The highest BCUT2D eigenvalue weighted by Crippen LogP contribution is 1.88. The van der Waals surface area contributed by atoms with Crippen molar-refractivity contribution in [3.05, 3.63) is 0 Å². The molecule has 9 heavy (non-hydrogen) atoms. The highest BCUT2D eigenvalue weighted by molar-refractivity contribution is 4.71. The highest BCUT2D eigenvalue weighted by Gasteiger charge is 2.15. The first-order chi connectivity index (χ1) is 4.43. The monoisotopic (exact) mass is 128 g/mol. The summed E-state index contributed by atoms with van der Waals surface area (Å²) >= 11 is 0. The van der Waals surface area contributed by atoms with Crippen molar-refractivity contribution in [1.82, 2.24) is 10.2 Å². The molecule has 0 spiro atoms. The van der Waals surface area contributed by atoms with Crippen molar-refractivity contribution >= 4 is 0 Å². The van der Waals surface area contributed by atoms with Crippen molar-refractivity contribution in [3.63, 3.8) is 0 Å². The Balaban J connectivity index is 2.08. The van der Waals surface area contributed by atoms with Crippen LogP contribution in [0.5, 0.6) is 0 Å². The van der Waals surface area contributed by atoms with Crippen LogP contribution in [0.25, 0.3) is 0 Å². The van der Waals surface area contributed by atoms with Gasteiger partial charge in [0.1, 0.15) is 19.6 Å². The molecule has 1 fully saturated rings. The number of nitrogens with one attached hydrogen (secondary N) is 1. The van der Waals surface area contributed by atoms with Crippen LogP contribution in [0.15, 0.2) is 0 Å². The van der Waals surface area contributed by atoms with Crippen LogP contribution in [0.4, 0.5) is 0 Å². The molecule has 0 atom stereocenters. The van der Waals surface area contributed by atoms with Gasteiger partial charge in [-0.05, 0) is 6.42 Å². The first-order valence-electron chi connectivity index (χ1n) is 3.86. The molecule has 2 heteroatoms. The molecule has 1 aliphatic heterocycles. The largest absolute Gasteiger partial charge is 0.306 e. The van der Waals surface area contributed by atoms with E-state index in [1.807, 2.05) is 0 Å². The minimum Gasteiger partial charge on any atom is -0.306 e. The maximum absolute atomic E-state index is 3.33. The van der Waals surface area contributed by atoms with Gasteiger partial charge >= 0.3 is 0 Å². The van der Waals surface area contributed by atoms with Gasteiger partial charge in [0.2, 0.25) is 0 Å². The molecular weight excluding hydrogens is 112 g/mol. The Kier molecular flexibility index (Phi) is 3.01. The van der Waals surface area contributed by atoms with Crippen molar-refractivity contribution in [2.24, 2.45) is 0 Å². The summed E-state index contributed by atoms with van der Waals surface area (Å²) in [7, 11) is 0. The lowest BCUT2D eigenvalue weighted by Crippen LogP contribution is -2.47. The van der Waals surface area contributed by atoms with E-state index in [2.05, 4.69) is 17.1 Å². The molecule has 0 aromatic heterocycles. The van der Waals surface area contributed by atoms with Crippen molar-refractivity contribution in [2.45, 2.75) is 13.3 Å². The Morgan fingerprint density at radius 2 is 2.00 bits per heavy atom. The zero-order chi connectivity index (χ0) is 6.53. The van der Waals surface area contributed by atoms with Crippen molar-refractivity contribution in [3.8, 4) is 0 Å². The zero-order valence-electron chi connectivity index (χ0n) is 6.19. The second-order valence-electron chi connectivity index (χ2n) is 2.59. The number of piperazine rings is 1. The molecule has 1 radical (unpaired) electrons. The van der Waals surface area contributed by atoms with Crippen LogP contribution >= 0.6 is 0 Å². The minimum absolute atomic E-state index is 1.18. The summed E-state index contributed by atoms with van der Waals surface area (Å²) in [5, 5.41) is 3.33. The lowest BCUT2D eigenvalue weighted by molar-refractivity contribution is 0.355. The van der Waals surface area contributed by atoms with E-state index < -0.39 is 0 Å². The van der Waals surface area contributed by atoms with Gasteiger partial charge in [0.05, 0.1) is 0 Å². The smallest absolute Gasteiger partial charge is 0.135 e. The molecule has 1 rings (SSSR count). The summed E-state index contributed by atoms with van der Waals surface area (Å²) in [6, 6.07) is 0. The molecule has 0 aliphatic carbocycles. The standard InChI is InChI=1S/C7H16N2/c1-2-5-9-6-3-8-4-7-9/h8H,2-7H2,1H3/q+1. The molecule has 0 bridgehead atoms. The van der Waals surface area contributed by atoms with E-state index in [4.69, 9.17) is 0 Å². The molecular formula is C7H16N2+. The summed E-state index contributed by atoms with van der Waals surface area (Å²) in [6.45, 7) is 8.37. The molecule has 0 aromatic carbocycles. The quantitative estimate of drug-likeness (QED) is 0.524. The SMILES string of the molecule is CCC[N+]1CCNCC1. The van der Waals surface area contributed by atoms with E-state index in [0.717, 1.165) is 0 Å². The average molecular weight is 128 g/mol. The Morgan fingerprint density at radius 1 is 1.33 bits per heavy atom. The third-order valence-electron chi connectivity index (χ3n) is 1.75. The fourth-order valence-corrected chi connectivity index (χ4v) is 1.25. The van der Waals surface area contributed by atoms with Crippen LogP contribution in [-0.4, -0.2) is 32.7 Å². The van der Waals surface area contributed by atoms with Gasteiger partial charge in [0, 0.05) is 13.1 Å². The van der Waals surface area contributed by atoms with Gasteiger partial charge in [0.15, 0.2) is 0 Å². The number of hydrogen-bond acceptors (Lipinski definition) is 2. The molecule has 0 amide bonds. The van der Waals surface area contributed by atoms with E-state index in [9.17, 15) is 0 Å². The summed E-state index contributed by atoms with van der Waals surface area (Å²) in [6.07, 6.45) is 1.29. The summed E-state index contributed by atoms with van der Waals surface area (Å²) in [4.78, 5) is 2.51. The Morgan fingerprint density at radius 3 is 2.56 bits per heavy atom. The Bertz CT molecular complexity index is 64.6. The molecule has 2 nitrogen and oxygen atoms in total. The predicted octanol–water partition coefficient (Wildman–Crippen LogP) is 0.140. The molecule has 53 valence electrons. The third kappa shape index (κ3) is 2.33. The van der Waals surface area contributed by atoms with Crippen LogP contribution in [0.1, 0.15) is 13.3 Å². The molecule has 1 aliphatic rings. The highest BCUT2D eigenvalue weighted by atomic mass is 15.2. The number of rotatable bonds is 2. The van der Waals surface area contributed by atoms with Gasteiger partial charge in [0.25, 0.3) is 0 Å². The summed E-state index contributed by atoms with van der Waals surface area (Å²) in [5.74, 6) is 0. The van der Waals surface area contributed by atoms with Crippen molar-refractivity contribution in [1.29, 1.82) is 0 Å². The van der Waals surface area contributed by atoms with Gasteiger partial charge in [-0.3, -0.25) is 0 Å². The van der Waals surface area contributed by atoms with Gasteiger partial charge in [-0.1, -0.05) is 6.92 Å². The fourth-order valence-electron chi connectivity index (χ4n) is 1.25. The van der Waals surface area contributed by atoms with Gasteiger partial charge < -0.3 is 5.32 Å². The maximum atomic E-state index is 3.33. The molecule has 0 unspecified atom stereocenters. The van der Waals surface area contributed by atoms with Crippen LogP contribution in [-0.2, 0) is 0 Å². The molecule has 1 saturated heterocycles. The Labute approximate surface area is 57.2 Å². The molecule has 1 N–H and O–H groups in total. The number of hydrogen-bond donors (Lipinski definition) is 1. The normalized spacial score (nSPS) is 22.3. The minimum atomic E-state index is 1.18. The first-order valence-corrected chi connectivity index (χ1v) is 3.86. The fraction of sp³-hybridized carbons (Fsp3) is 1.00. The van der Waals surface area contributed by atoms with Crippen molar-refractivity contribution < 1.29 is 0 Å². The lowest BCUT2D eigenvalue weighted by Gasteiger charge is -2.16. The van der Waals surface area contributed by atoms with Gasteiger partial charge in [-0.2, -0.15) is 4.90 Å².